The van der Waals surface area contributed by atoms with Gasteiger partial charge in [0.2, 0.25) is 0 Å². The molecule has 0 saturated heterocycles. The summed E-state index contributed by atoms with van der Waals surface area (Å²) in [5.41, 5.74) is 2.92. The van der Waals surface area contributed by atoms with Gasteiger partial charge in [0.15, 0.2) is 0 Å². The normalized spacial score (nSPS) is 13.3. The topological polar surface area (TPSA) is 38.0 Å². The van der Waals surface area contributed by atoms with Gasteiger partial charge in [-0.1, -0.05) is 20.8 Å². The number of hydrazine groups is 1. The van der Waals surface area contributed by atoms with Crippen molar-refractivity contribution in [3.05, 3.63) is 21.9 Å². The highest BCUT2D eigenvalue weighted by Gasteiger charge is 2.10. The fourth-order valence-corrected chi connectivity index (χ4v) is 3.31. The predicted octanol–water partition coefficient (Wildman–Crippen LogP) is 2.83. The molecule has 4 heteroatoms. The fourth-order valence-electron chi connectivity index (χ4n) is 1.44. The largest absolute Gasteiger partial charge is 0.271 e. The molecule has 0 aromatic carbocycles. The van der Waals surface area contributed by atoms with Crippen molar-refractivity contribution in [2.24, 2.45) is 5.84 Å². The molecule has 3 N–H and O–H groups in total. The summed E-state index contributed by atoms with van der Waals surface area (Å²) in [6.07, 6.45) is 2.17. The summed E-state index contributed by atoms with van der Waals surface area (Å²) in [5.74, 6) is 6.66. The van der Waals surface area contributed by atoms with Crippen LogP contribution in [0.5, 0.6) is 0 Å². The lowest BCUT2D eigenvalue weighted by atomic mass is 10.2. The Kier molecular flexibility index (Phi) is 6.43. The molecule has 0 saturated carbocycles. The van der Waals surface area contributed by atoms with Crippen LogP contribution in [0.4, 0.5) is 0 Å². The van der Waals surface area contributed by atoms with Gasteiger partial charge >= 0.3 is 0 Å². The maximum absolute atomic E-state index is 5.59. The van der Waals surface area contributed by atoms with Gasteiger partial charge in [-0.3, -0.25) is 11.3 Å². The molecule has 0 bridgehead atoms. The van der Waals surface area contributed by atoms with Crippen LogP contribution < -0.4 is 11.3 Å². The second-order valence-electron chi connectivity index (χ2n) is 4.17. The molecule has 1 unspecified atom stereocenters. The molecule has 1 aromatic heterocycles. The third-order valence-corrected chi connectivity index (χ3v) is 4.89. The van der Waals surface area contributed by atoms with Crippen molar-refractivity contribution in [2.75, 3.05) is 5.75 Å². The van der Waals surface area contributed by atoms with Gasteiger partial charge in [0.25, 0.3) is 0 Å². The Bertz CT molecular complexity index is 297. The lowest BCUT2D eigenvalue weighted by Crippen LogP contribution is -2.38. The Morgan fingerprint density at radius 3 is 2.56 bits per heavy atom. The van der Waals surface area contributed by atoms with Crippen LogP contribution in [0.2, 0.25) is 0 Å². The van der Waals surface area contributed by atoms with Crippen molar-refractivity contribution in [3.63, 3.8) is 0 Å². The fraction of sp³-hybridized carbons (Fsp3) is 0.667. The summed E-state index contributed by atoms with van der Waals surface area (Å²) in [6.45, 7) is 6.64. The first kappa shape index (κ1) is 14.0. The molecular weight excluding hydrogens is 236 g/mol. The molecule has 16 heavy (non-hydrogen) atoms. The van der Waals surface area contributed by atoms with Gasteiger partial charge in [0.1, 0.15) is 0 Å². The van der Waals surface area contributed by atoms with Crippen molar-refractivity contribution in [1.29, 1.82) is 0 Å². The van der Waals surface area contributed by atoms with Crippen molar-refractivity contribution in [1.82, 2.24) is 5.43 Å². The summed E-state index contributed by atoms with van der Waals surface area (Å²) in [4.78, 5) is 2.89. The first-order chi connectivity index (χ1) is 7.65. The van der Waals surface area contributed by atoms with E-state index in [1.54, 1.807) is 0 Å². The number of nitrogens with two attached hydrogens (primary N) is 1. The molecule has 1 aromatic rings. The highest BCUT2D eigenvalue weighted by atomic mass is 32.2. The van der Waals surface area contributed by atoms with Gasteiger partial charge < -0.3 is 0 Å². The number of nitrogens with one attached hydrogen (secondary N) is 1. The van der Waals surface area contributed by atoms with Gasteiger partial charge in [-0.2, -0.15) is 11.8 Å². The molecular formula is C12H22N2S2. The Labute approximate surface area is 107 Å². The highest BCUT2D eigenvalue weighted by Crippen LogP contribution is 2.20. The minimum Gasteiger partial charge on any atom is -0.271 e. The minimum atomic E-state index is 0.385. The molecule has 1 heterocycles. The van der Waals surface area contributed by atoms with Crippen LogP contribution in [-0.2, 0) is 12.8 Å². The van der Waals surface area contributed by atoms with E-state index >= 15 is 0 Å². The molecule has 0 aliphatic carbocycles. The summed E-state index contributed by atoms with van der Waals surface area (Å²) in [5, 5.41) is 0.672. The van der Waals surface area contributed by atoms with Crippen LogP contribution in [0.15, 0.2) is 12.1 Å². The van der Waals surface area contributed by atoms with E-state index in [1.807, 2.05) is 23.1 Å². The number of rotatable bonds is 7. The lowest BCUT2D eigenvalue weighted by molar-refractivity contribution is 0.579. The smallest absolute Gasteiger partial charge is 0.0349 e. The third-order valence-electron chi connectivity index (χ3n) is 2.38. The molecule has 0 aliphatic heterocycles. The predicted molar refractivity (Wildman–Crippen MR) is 76.1 cm³/mol. The summed E-state index contributed by atoms with van der Waals surface area (Å²) in [7, 11) is 0. The van der Waals surface area contributed by atoms with E-state index in [4.69, 9.17) is 5.84 Å². The standard InChI is InChI=1S/C12H22N2S2/c1-4-11-5-6-12(16-11)7-10(14-13)8-15-9(2)3/h5-6,9-10,14H,4,7-8,13H2,1-3H3. The van der Waals surface area contributed by atoms with Crippen LogP contribution >= 0.6 is 23.1 Å². The van der Waals surface area contributed by atoms with Gasteiger partial charge in [-0.15, -0.1) is 11.3 Å². The zero-order valence-corrected chi connectivity index (χ0v) is 12.0. The van der Waals surface area contributed by atoms with Crippen LogP contribution in [0.3, 0.4) is 0 Å². The van der Waals surface area contributed by atoms with Crippen LogP contribution in [0.1, 0.15) is 30.5 Å². The molecule has 0 spiro atoms. The van der Waals surface area contributed by atoms with Gasteiger partial charge in [-0.05, 0) is 30.2 Å². The average Bonchev–Trinajstić information content (AvgIpc) is 2.71. The molecule has 0 radical (unpaired) electrons. The first-order valence-electron chi connectivity index (χ1n) is 5.81. The first-order valence-corrected chi connectivity index (χ1v) is 7.67. The molecule has 2 nitrogen and oxygen atoms in total. The van der Waals surface area contributed by atoms with E-state index < -0.39 is 0 Å². The molecule has 0 aliphatic rings. The molecule has 1 rings (SSSR count). The van der Waals surface area contributed by atoms with Crippen LogP contribution in [-0.4, -0.2) is 17.0 Å². The second kappa shape index (κ2) is 7.33. The molecule has 0 fully saturated rings. The number of thiophene rings is 1. The average molecular weight is 258 g/mol. The summed E-state index contributed by atoms with van der Waals surface area (Å²) >= 11 is 3.86. The summed E-state index contributed by atoms with van der Waals surface area (Å²) in [6, 6.07) is 4.84. The Hall–Kier alpha value is -0.0300. The van der Waals surface area contributed by atoms with Gasteiger partial charge in [0, 0.05) is 21.5 Å². The van der Waals surface area contributed by atoms with E-state index in [-0.39, 0.29) is 0 Å². The van der Waals surface area contributed by atoms with E-state index in [0.29, 0.717) is 11.3 Å². The Balaban J connectivity index is 2.42. The number of aryl methyl sites for hydroxylation is 1. The molecule has 1 atom stereocenters. The molecule has 92 valence electrons. The van der Waals surface area contributed by atoms with Crippen LogP contribution in [0.25, 0.3) is 0 Å². The van der Waals surface area contributed by atoms with E-state index in [0.717, 1.165) is 18.6 Å². The van der Waals surface area contributed by atoms with Gasteiger partial charge in [-0.25, -0.2) is 0 Å². The highest BCUT2D eigenvalue weighted by molar-refractivity contribution is 7.99. The van der Waals surface area contributed by atoms with Crippen molar-refractivity contribution in [2.45, 2.75) is 44.9 Å². The van der Waals surface area contributed by atoms with Crippen LogP contribution in [0, 0.1) is 0 Å². The lowest BCUT2D eigenvalue weighted by Gasteiger charge is -2.15. The summed E-state index contributed by atoms with van der Waals surface area (Å²) < 4.78 is 0. The number of hydrogen-bond donors (Lipinski definition) is 2. The van der Waals surface area contributed by atoms with Gasteiger partial charge in [0.05, 0.1) is 0 Å². The zero-order chi connectivity index (χ0) is 12.0. The van der Waals surface area contributed by atoms with Crippen molar-refractivity contribution < 1.29 is 0 Å². The SMILES string of the molecule is CCc1ccc(CC(CSC(C)C)NN)s1. The molecule has 0 amide bonds. The number of thioether (sulfide) groups is 1. The van der Waals surface area contributed by atoms with E-state index in [9.17, 15) is 0 Å². The minimum absolute atomic E-state index is 0.385. The van der Waals surface area contributed by atoms with Crippen molar-refractivity contribution >= 4 is 23.1 Å². The van der Waals surface area contributed by atoms with E-state index in [2.05, 4.69) is 38.3 Å². The zero-order valence-electron chi connectivity index (χ0n) is 10.3. The Morgan fingerprint density at radius 2 is 2.06 bits per heavy atom. The monoisotopic (exact) mass is 258 g/mol. The third kappa shape index (κ3) is 4.87. The second-order valence-corrected chi connectivity index (χ2v) is 7.03. The van der Waals surface area contributed by atoms with Crippen molar-refractivity contribution in [3.8, 4) is 0 Å². The quantitative estimate of drug-likeness (QED) is 0.583. The maximum atomic E-state index is 5.59. The number of hydrogen-bond acceptors (Lipinski definition) is 4. The Morgan fingerprint density at radius 1 is 1.38 bits per heavy atom. The van der Waals surface area contributed by atoms with E-state index in [1.165, 1.54) is 9.75 Å². The maximum Gasteiger partial charge on any atom is 0.0349 e.